The molecule has 0 atom stereocenters. The first-order valence-corrected chi connectivity index (χ1v) is 2.60. The molecule has 0 aliphatic rings. The number of aromatic nitrogens is 1. The third-order valence-corrected chi connectivity index (χ3v) is 1.04. The first-order chi connectivity index (χ1) is 4.70. The van der Waals surface area contributed by atoms with E-state index in [2.05, 4.69) is 0 Å². The van der Waals surface area contributed by atoms with Crippen LogP contribution in [0.4, 0.5) is 0 Å². The summed E-state index contributed by atoms with van der Waals surface area (Å²) >= 11 is 0. The van der Waals surface area contributed by atoms with Crippen molar-refractivity contribution < 1.29 is 33.5 Å². The van der Waals surface area contributed by atoms with Crippen molar-refractivity contribution in [2.24, 2.45) is 0 Å². The summed E-state index contributed by atoms with van der Waals surface area (Å²) < 4.78 is 0.506. The van der Waals surface area contributed by atoms with Crippen molar-refractivity contribution in [3.05, 3.63) is 35.3 Å². The molecule has 52 valence electrons. The van der Waals surface area contributed by atoms with Gasteiger partial charge >= 0.3 is 18.9 Å². The minimum Gasteiger partial charge on any atom is -0.619 e. The summed E-state index contributed by atoms with van der Waals surface area (Å²) in [5.41, 5.74) is 0.00657. The van der Waals surface area contributed by atoms with Crippen molar-refractivity contribution >= 4 is 5.97 Å². The molecule has 0 N–H and O–H groups in total. The molecule has 0 saturated heterocycles. The third kappa shape index (κ3) is 2.62. The smallest absolute Gasteiger partial charge is 0.619 e. The maximum atomic E-state index is 10.3. The van der Waals surface area contributed by atoms with E-state index in [9.17, 15) is 15.1 Å². The van der Waals surface area contributed by atoms with Gasteiger partial charge in [-0.05, 0) is 0 Å². The molecule has 11 heavy (non-hydrogen) atoms. The molecule has 0 radical (unpaired) electrons. The molecule has 0 saturated carbocycles. The van der Waals surface area contributed by atoms with Crippen molar-refractivity contribution in [2.45, 2.75) is 0 Å². The zero-order chi connectivity index (χ0) is 7.56. The zero-order valence-electron chi connectivity index (χ0n) is 5.98. The molecule has 1 aromatic rings. The second kappa shape index (κ2) is 4.01. The molecule has 0 fully saturated rings. The number of carboxylic acids is 1. The van der Waals surface area contributed by atoms with Gasteiger partial charge in [0.05, 0.1) is 5.97 Å². The summed E-state index contributed by atoms with van der Waals surface area (Å²) in [6.45, 7) is 0. The topological polar surface area (TPSA) is 67.1 Å². The van der Waals surface area contributed by atoms with Gasteiger partial charge in [0.15, 0.2) is 12.4 Å². The quantitative estimate of drug-likeness (QED) is 0.228. The number of carboxylic acid groups (broad SMARTS) is 1. The van der Waals surface area contributed by atoms with Gasteiger partial charge < -0.3 is 15.1 Å². The van der Waals surface area contributed by atoms with Crippen LogP contribution in [0.1, 0.15) is 10.4 Å². The van der Waals surface area contributed by atoms with Crippen molar-refractivity contribution in [3.8, 4) is 0 Å². The van der Waals surface area contributed by atoms with Gasteiger partial charge in [-0.3, -0.25) is 0 Å². The maximum Gasteiger partial charge on any atom is 1.00 e. The van der Waals surface area contributed by atoms with Crippen LogP contribution in [0, 0.1) is 5.21 Å². The molecule has 0 aromatic carbocycles. The van der Waals surface area contributed by atoms with Gasteiger partial charge in [0, 0.05) is 17.7 Å². The minimum absolute atomic E-state index is 0. The number of hydrogen-bond donors (Lipinski definition) is 0. The minimum atomic E-state index is -1.28. The largest absolute Gasteiger partial charge is 1.00 e. The fourth-order valence-corrected chi connectivity index (χ4v) is 0.549. The Balaban J connectivity index is 0.000001000. The van der Waals surface area contributed by atoms with Gasteiger partial charge in [0.2, 0.25) is 0 Å². The van der Waals surface area contributed by atoms with Crippen molar-refractivity contribution in [3.63, 3.8) is 0 Å². The summed E-state index contributed by atoms with van der Waals surface area (Å²) in [5, 5.41) is 20.4. The van der Waals surface area contributed by atoms with Crippen LogP contribution in [0.15, 0.2) is 24.5 Å². The monoisotopic (exact) mass is 145 g/mol. The standard InChI is InChI=1S/C6H5NO3.Li/c8-6(9)5-1-3-7(10)4-2-5;/h1-4H,(H,8,9);/q;+1/p-1. The Morgan fingerprint density at radius 1 is 1.36 bits per heavy atom. The van der Waals surface area contributed by atoms with Crippen LogP contribution in [-0.4, -0.2) is 5.97 Å². The van der Waals surface area contributed by atoms with E-state index in [1.165, 1.54) is 12.1 Å². The molecule has 0 unspecified atom stereocenters. The number of nitrogens with zero attached hydrogens (tertiary/aromatic N) is 1. The molecule has 0 amide bonds. The van der Waals surface area contributed by atoms with E-state index in [1.54, 1.807) is 0 Å². The Kier molecular flexibility index (Phi) is 3.66. The van der Waals surface area contributed by atoms with E-state index in [-0.39, 0.29) is 24.4 Å². The number of aromatic carboxylic acids is 1. The van der Waals surface area contributed by atoms with E-state index < -0.39 is 5.97 Å². The predicted octanol–water partition coefficient (Wildman–Crippen LogP) is -4.31. The normalized spacial score (nSPS) is 8.36. The van der Waals surface area contributed by atoms with Gasteiger partial charge in [-0.2, -0.15) is 4.73 Å². The number of pyridine rings is 1. The Bertz CT molecular complexity index is 247. The Hall–Kier alpha value is -0.983. The second-order valence-electron chi connectivity index (χ2n) is 1.73. The fraction of sp³-hybridized carbons (Fsp3) is 0. The van der Waals surface area contributed by atoms with Crippen LogP contribution in [0.2, 0.25) is 0 Å². The molecule has 0 aliphatic heterocycles. The van der Waals surface area contributed by atoms with E-state index in [1.807, 2.05) is 0 Å². The number of rotatable bonds is 1. The molecule has 1 heterocycles. The van der Waals surface area contributed by atoms with Gasteiger partial charge in [0.25, 0.3) is 0 Å². The van der Waals surface area contributed by atoms with Crippen LogP contribution in [0.3, 0.4) is 0 Å². The molecular formula is C6H4LiNO3. The van der Waals surface area contributed by atoms with Gasteiger partial charge in [-0.15, -0.1) is 0 Å². The van der Waals surface area contributed by atoms with Crippen LogP contribution < -0.4 is 28.7 Å². The summed E-state index contributed by atoms with van der Waals surface area (Å²) in [5.74, 6) is -1.28. The van der Waals surface area contributed by atoms with E-state index in [0.29, 0.717) is 4.73 Å². The van der Waals surface area contributed by atoms with E-state index in [0.717, 1.165) is 12.4 Å². The Labute approximate surface area is 75.2 Å². The summed E-state index contributed by atoms with van der Waals surface area (Å²) in [6, 6.07) is 2.37. The summed E-state index contributed by atoms with van der Waals surface area (Å²) in [6.07, 6.45) is 2.20. The average Bonchev–Trinajstić information content (AvgIpc) is 1.88. The van der Waals surface area contributed by atoms with Crippen molar-refractivity contribution in [2.75, 3.05) is 0 Å². The average molecular weight is 145 g/mol. The predicted molar refractivity (Wildman–Crippen MR) is 29.7 cm³/mol. The van der Waals surface area contributed by atoms with E-state index >= 15 is 0 Å². The molecule has 1 rings (SSSR count). The van der Waals surface area contributed by atoms with Crippen LogP contribution >= 0.6 is 0 Å². The number of carbonyl (C=O) groups excluding carboxylic acids is 1. The Morgan fingerprint density at radius 3 is 2.18 bits per heavy atom. The molecular weight excluding hydrogens is 141 g/mol. The molecule has 0 spiro atoms. The van der Waals surface area contributed by atoms with Crippen molar-refractivity contribution in [1.82, 2.24) is 0 Å². The fourth-order valence-electron chi connectivity index (χ4n) is 0.549. The first-order valence-electron chi connectivity index (χ1n) is 2.60. The number of carbonyl (C=O) groups is 1. The molecule has 0 bridgehead atoms. The van der Waals surface area contributed by atoms with Gasteiger partial charge in [-0.25, -0.2) is 0 Å². The summed E-state index contributed by atoms with van der Waals surface area (Å²) in [7, 11) is 0. The second-order valence-corrected chi connectivity index (χ2v) is 1.73. The molecule has 0 aliphatic carbocycles. The van der Waals surface area contributed by atoms with E-state index in [4.69, 9.17) is 0 Å². The first kappa shape index (κ1) is 10.0. The third-order valence-electron chi connectivity index (χ3n) is 1.04. The van der Waals surface area contributed by atoms with Crippen LogP contribution in [-0.2, 0) is 0 Å². The van der Waals surface area contributed by atoms with Gasteiger partial charge in [0.1, 0.15) is 0 Å². The van der Waals surface area contributed by atoms with Crippen molar-refractivity contribution in [1.29, 1.82) is 0 Å². The number of hydrogen-bond acceptors (Lipinski definition) is 3. The Morgan fingerprint density at radius 2 is 1.82 bits per heavy atom. The zero-order valence-corrected chi connectivity index (χ0v) is 5.98. The SMILES string of the molecule is O=C([O-])c1cc[n+]([O-])cc1.[Li+]. The van der Waals surface area contributed by atoms with Gasteiger partial charge in [-0.1, -0.05) is 0 Å². The molecule has 1 aromatic heterocycles. The summed E-state index contributed by atoms with van der Waals surface area (Å²) in [4.78, 5) is 10.1. The molecule has 4 nitrogen and oxygen atoms in total. The molecule has 5 heteroatoms. The van der Waals surface area contributed by atoms with Crippen LogP contribution in [0.25, 0.3) is 0 Å². The maximum absolute atomic E-state index is 10.3. The van der Waals surface area contributed by atoms with Crippen LogP contribution in [0.5, 0.6) is 0 Å².